The van der Waals surface area contributed by atoms with Gasteiger partial charge in [0, 0.05) is 20.1 Å². The lowest BCUT2D eigenvalue weighted by Gasteiger charge is -2.36. The Bertz CT molecular complexity index is 162. The van der Waals surface area contributed by atoms with E-state index in [1.807, 2.05) is 0 Å². The van der Waals surface area contributed by atoms with E-state index in [-0.39, 0.29) is 0 Å². The summed E-state index contributed by atoms with van der Waals surface area (Å²) in [6.07, 6.45) is 3.99. The average Bonchev–Trinajstić information content (AvgIpc) is 2.18. The van der Waals surface area contributed by atoms with Crippen LogP contribution in [0.3, 0.4) is 0 Å². The molecule has 0 aliphatic carbocycles. The number of nitrogens with zero attached hydrogens (tertiary/aromatic N) is 2. The molecule has 1 N–H and O–H groups in total. The molecular weight excluding hydrogens is 186 g/mol. The molecule has 0 amide bonds. The van der Waals surface area contributed by atoms with Crippen LogP contribution in [-0.2, 0) is 0 Å². The number of rotatable bonds is 5. The first-order valence-corrected chi connectivity index (χ1v) is 6.29. The van der Waals surface area contributed by atoms with Crippen LogP contribution in [0.25, 0.3) is 0 Å². The van der Waals surface area contributed by atoms with E-state index in [1.165, 1.54) is 38.9 Å². The van der Waals surface area contributed by atoms with Gasteiger partial charge in [0.15, 0.2) is 0 Å². The van der Waals surface area contributed by atoms with Crippen LogP contribution in [0.5, 0.6) is 0 Å². The lowest BCUT2D eigenvalue weighted by molar-refractivity contribution is 0.130. The summed E-state index contributed by atoms with van der Waals surface area (Å²) >= 11 is 0. The number of hydrogen-bond donors (Lipinski definition) is 1. The first kappa shape index (κ1) is 12.9. The Hall–Kier alpha value is -0.120. The van der Waals surface area contributed by atoms with Gasteiger partial charge in [-0.3, -0.25) is 10.4 Å². The molecule has 0 bridgehead atoms. The van der Waals surface area contributed by atoms with E-state index < -0.39 is 0 Å². The molecule has 0 aromatic carbocycles. The minimum absolute atomic E-state index is 0.615. The van der Waals surface area contributed by atoms with Gasteiger partial charge in [-0.1, -0.05) is 6.92 Å². The van der Waals surface area contributed by atoms with Crippen molar-refractivity contribution >= 4 is 0 Å². The molecule has 0 saturated carbocycles. The van der Waals surface area contributed by atoms with Crippen molar-refractivity contribution in [2.24, 2.45) is 5.92 Å². The molecule has 90 valence electrons. The molecule has 0 spiro atoms. The molecule has 0 aromatic rings. The Balaban J connectivity index is 2.24. The van der Waals surface area contributed by atoms with Gasteiger partial charge in [0.25, 0.3) is 0 Å². The van der Waals surface area contributed by atoms with E-state index in [0.29, 0.717) is 6.04 Å². The van der Waals surface area contributed by atoms with Crippen molar-refractivity contribution < 1.29 is 0 Å². The van der Waals surface area contributed by atoms with E-state index in [0.717, 1.165) is 5.92 Å². The molecule has 3 heteroatoms. The second kappa shape index (κ2) is 6.46. The van der Waals surface area contributed by atoms with Gasteiger partial charge in [-0.15, -0.1) is 0 Å². The lowest BCUT2D eigenvalue weighted by Crippen LogP contribution is -2.46. The van der Waals surface area contributed by atoms with Crippen molar-refractivity contribution in [1.82, 2.24) is 15.3 Å². The number of hydrazine groups is 1. The van der Waals surface area contributed by atoms with Crippen LogP contribution in [0.4, 0.5) is 0 Å². The van der Waals surface area contributed by atoms with Crippen molar-refractivity contribution in [1.29, 1.82) is 0 Å². The van der Waals surface area contributed by atoms with Gasteiger partial charge in [0.2, 0.25) is 0 Å². The zero-order valence-corrected chi connectivity index (χ0v) is 10.8. The smallest absolute Gasteiger partial charge is 0.0216 e. The van der Waals surface area contributed by atoms with E-state index in [9.17, 15) is 0 Å². The third-order valence-corrected chi connectivity index (χ3v) is 3.34. The van der Waals surface area contributed by atoms with Gasteiger partial charge in [-0.05, 0) is 51.7 Å². The average molecular weight is 213 g/mol. The quantitative estimate of drug-likeness (QED) is 0.699. The molecule has 0 aromatic heterocycles. The topological polar surface area (TPSA) is 18.5 Å². The van der Waals surface area contributed by atoms with Gasteiger partial charge in [-0.2, -0.15) is 0 Å². The van der Waals surface area contributed by atoms with E-state index in [4.69, 9.17) is 0 Å². The lowest BCUT2D eigenvalue weighted by atomic mass is 9.90. The SMILES string of the molecule is CCCN1CCC(C(C)NN(C)C)CC1. The largest absolute Gasteiger partial charge is 0.303 e. The van der Waals surface area contributed by atoms with Gasteiger partial charge in [0.05, 0.1) is 0 Å². The third kappa shape index (κ3) is 4.49. The standard InChI is InChI=1S/C12H27N3/c1-5-8-15-9-6-12(7-10-15)11(2)13-14(3)4/h11-13H,5-10H2,1-4H3. The summed E-state index contributed by atoms with van der Waals surface area (Å²) in [5.74, 6) is 0.848. The van der Waals surface area contributed by atoms with Crippen LogP contribution in [0.2, 0.25) is 0 Å². The number of likely N-dealkylation sites (tertiary alicyclic amines) is 1. The highest BCUT2D eigenvalue weighted by Crippen LogP contribution is 2.20. The second-order valence-corrected chi connectivity index (χ2v) is 4.99. The number of hydrogen-bond acceptors (Lipinski definition) is 3. The highest BCUT2D eigenvalue weighted by molar-refractivity contribution is 4.78. The van der Waals surface area contributed by atoms with Crippen molar-refractivity contribution in [3.8, 4) is 0 Å². The second-order valence-electron chi connectivity index (χ2n) is 4.99. The van der Waals surface area contributed by atoms with Gasteiger partial charge < -0.3 is 4.90 Å². The molecule has 15 heavy (non-hydrogen) atoms. The normalized spacial score (nSPS) is 22.2. The minimum atomic E-state index is 0.615. The molecule has 3 nitrogen and oxygen atoms in total. The fourth-order valence-electron chi connectivity index (χ4n) is 2.51. The molecule has 1 unspecified atom stereocenters. The molecule has 1 aliphatic heterocycles. The van der Waals surface area contributed by atoms with Crippen LogP contribution in [-0.4, -0.2) is 49.7 Å². The third-order valence-electron chi connectivity index (χ3n) is 3.34. The molecule has 0 radical (unpaired) electrons. The Morgan fingerprint density at radius 1 is 1.33 bits per heavy atom. The first-order valence-electron chi connectivity index (χ1n) is 6.29. The van der Waals surface area contributed by atoms with E-state index >= 15 is 0 Å². The molecule has 1 rings (SSSR count). The Kier molecular flexibility index (Phi) is 5.58. The van der Waals surface area contributed by atoms with Crippen LogP contribution < -0.4 is 5.43 Å². The van der Waals surface area contributed by atoms with Crippen molar-refractivity contribution in [2.45, 2.75) is 39.2 Å². The predicted molar refractivity (Wildman–Crippen MR) is 65.7 cm³/mol. The van der Waals surface area contributed by atoms with Gasteiger partial charge >= 0.3 is 0 Å². The summed E-state index contributed by atoms with van der Waals surface area (Å²) in [6, 6.07) is 0.615. The van der Waals surface area contributed by atoms with Crippen molar-refractivity contribution in [3.63, 3.8) is 0 Å². The van der Waals surface area contributed by atoms with Crippen LogP contribution >= 0.6 is 0 Å². The molecule has 1 saturated heterocycles. The van der Waals surface area contributed by atoms with Crippen LogP contribution in [0.1, 0.15) is 33.1 Å². The Morgan fingerprint density at radius 3 is 2.40 bits per heavy atom. The van der Waals surface area contributed by atoms with Crippen LogP contribution in [0, 0.1) is 5.92 Å². The Morgan fingerprint density at radius 2 is 1.93 bits per heavy atom. The molecule has 1 atom stereocenters. The fourth-order valence-corrected chi connectivity index (χ4v) is 2.51. The van der Waals surface area contributed by atoms with Gasteiger partial charge in [0.1, 0.15) is 0 Å². The minimum Gasteiger partial charge on any atom is -0.303 e. The fraction of sp³-hybridized carbons (Fsp3) is 1.00. The molecular formula is C12H27N3. The van der Waals surface area contributed by atoms with Crippen molar-refractivity contribution in [2.75, 3.05) is 33.7 Å². The summed E-state index contributed by atoms with van der Waals surface area (Å²) < 4.78 is 0. The highest BCUT2D eigenvalue weighted by Gasteiger charge is 2.23. The van der Waals surface area contributed by atoms with E-state index in [2.05, 4.69) is 43.3 Å². The Labute approximate surface area is 94.8 Å². The summed E-state index contributed by atoms with van der Waals surface area (Å²) in [7, 11) is 4.14. The summed E-state index contributed by atoms with van der Waals surface area (Å²) in [6.45, 7) is 8.43. The first-order chi connectivity index (χ1) is 7.13. The van der Waals surface area contributed by atoms with Gasteiger partial charge in [-0.25, -0.2) is 0 Å². The number of piperidine rings is 1. The maximum Gasteiger partial charge on any atom is 0.0216 e. The molecule has 1 aliphatic rings. The van der Waals surface area contributed by atoms with E-state index in [1.54, 1.807) is 0 Å². The maximum absolute atomic E-state index is 3.47. The summed E-state index contributed by atoms with van der Waals surface area (Å²) in [4.78, 5) is 2.60. The number of nitrogens with one attached hydrogen (secondary N) is 1. The zero-order valence-electron chi connectivity index (χ0n) is 10.8. The zero-order chi connectivity index (χ0) is 11.3. The molecule has 1 fully saturated rings. The summed E-state index contributed by atoms with van der Waals surface area (Å²) in [5.41, 5.74) is 3.47. The maximum atomic E-state index is 3.47. The highest BCUT2D eigenvalue weighted by atomic mass is 15.5. The predicted octanol–water partition coefficient (Wildman–Crippen LogP) is 1.56. The molecule has 1 heterocycles. The van der Waals surface area contributed by atoms with Crippen molar-refractivity contribution in [3.05, 3.63) is 0 Å². The summed E-state index contributed by atoms with van der Waals surface area (Å²) in [5, 5.41) is 2.07. The monoisotopic (exact) mass is 213 g/mol. The van der Waals surface area contributed by atoms with Crippen LogP contribution in [0.15, 0.2) is 0 Å².